The van der Waals surface area contributed by atoms with Gasteiger partial charge in [0, 0.05) is 56.3 Å². The SMILES string of the molecule is COc1cc(CN2CCN(c3ccc(C)cc3)CC2)c2cc3[n+](cc2c1OC)CCc1cc2c(cc1-3)OCO2. The predicted octanol–water partition coefficient (Wildman–Crippen LogP) is 4.73. The molecule has 3 aliphatic heterocycles. The van der Waals surface area contributed by atoms with Gasteiger partial charge in [-0.2, -0.15) is 4.57 Å². The number of benzene rings is 3. The summed E-state index contributed by atoms with van der Waals surface area (Å²) in [4.78, 5) is 5.03. The number of piperazine rings is 1. The summed E-state index contributed by atoms with van der Waals surface area (Å²) in [5.74, 6) is 3.23. The van der Waals surface area contributed by atoms with Crippen LogP contribution in [0.1, 0.15) is 16.7 Å². The molecular weight excluding hydrogens is 490 g/mol. The van der Waals surface area contributed by atoms with Crippen molar-refractivity contribution in [1.29, 1.82) is 0 Å². The molecule has 0 bridgehead atoms. The highest BCUT2D eigenvalue weighted by Gasteiger charge is 2.30. The topological polar surface area (TPSA) is 47.3 Å². The van der Waals surface area contributed by atoms with E-state index in [-0.39, 0.29) is 6.79 Å². The molecule has 0 N–H and O–H groups in total. The molecule has 0 radical (unpaired) electrons. The number of hydrogen-bond donors (Lipinski definition) is 0. The lowest BCUT2D eigenvalue weighted by molar-refractivity contribution is -0.686. The molecular formula is C32H34N3O4+. The van der Waals surface area contributed by atoms with Crippen molar-refractivity contribution in [2.45, 2.75) is 26.4 Å². The van der Waals surface area contributed by atoms with Gasteiger partial charge in [0.25, 0.3) is 0 Å². The molecule has 7 rings (SSSR count). The molecule has 0 spiro atoms. The van der Waals surface area contributed by atoms with E-state index in [1.807, 2.05) is 0 Å². The number of nitrogens with zero attached hydrogens (tertiary/aromatic N) is 3. The van der Waals surface area contributed by atoms with Crippen LogP contribution in [0.5, 0.6) is 23.0 Å². The van der Waals surface area contributed by atoms with Crippen molar-refractivity contribution in [2.24, 2.45) is 0 Å². The fourth-order valence-electron chi connectivity index (χ4n) is 6.21. The Morgan fingerprint density at radius 3 is 2.38 bits per heavy atom. The quantitative estimate of drug-likeness (QED) is 0.352. The van der Waals surface area contributed by atoms with Crippen molar-refractivity contribution in [1.82, 2.24) is 4.90 Å². The van der Waals surface area contributed by atoms with E-state index in [1.165, 1.54) is 39.0 Å². The van der Waals surface area contributed by atoms with E-state index in [4.69, 9.17) is 18.9 Å². The highest BCUT2D eigenvalue weighted by molar-refractivity contribution is 5.94. The zero-order valence-corrected chi connectivity index (χ0v) is 22.8. The van der Waals surface area contributed by atoms with Gasteiger partial charge in [-0.15, -0.1) is 0 Å². The highest BCUT2D eigenvalue weighted by atomic mass is 16.7. The maximum Gasteiger partial charge on any atom is 0.231 e. The first-order valence-corrected chi connectivity index (χ1v) is 13.7. The van der Waals surface area contributed by atoms with Crippen molar-refractivity contribution in [3.05, 3.63) is 71.4 Å². The van der Waals surface area contributed by atoms with E-state index in [1.54, 1.807) is 14.2 Å². The number of aryl methyl sites for hydroxylation is 3. The fraction of sp³-hybridized carbons (Fsp3) is 0.344. The van der Waals surface area contributed by atoms with Crippen LogP contribution >= 0.6 is 0 Å². The molecule has 1 aromatic heterocycles. The predicted molar refractivity (Wildman–Crippen MR) is 151 cm³/mol. The van der Waals surface area contributed by atoms with Crippen LogP contribution in [0.2, 0.25) is 0 Å². The van der Waals surface area contributed by atoms with Gasteiger partial charge in [0.05, 0.1) is 25.2 Å². The number of methoxy groups -OCH3 is 2. The summed E-state index contributed by atoms with van der Waals surface area (Å²) >= 11 is 0. The lowest BCUT2D eigenvalue weighted by atomic mass is 9.93. The van der Waals surface area contributed by atoms with Gasteiger partial charge in [-0.25, -0.2) is 0 Å². The van der Waals surface area contributed by atoms with Crippen LogP contribution in [-0.2, 0) is 19.5 Å². The second-order valence-corrected chi connectivity index (χ2v) is 10.7. The van der Waals surface area contributed by atoms with Crippen molar-refractivity contribution in [3.8, 4) is 34.3 Å². The van der Waals surface area contributed by atoms with Crippen molar-refractivity contribution >= 4 is 16.5 Å². The molecule has 39 heavy (non-hydrogen) atoms. The monoisotopic (exact) mass is 524 g/mol. The van der Waals surface area contributed by atoms with Crippen molar-refractivity contribution in [2.75, 3.05) is 52.1 Å². The van der Waals surface area contributed by atoms with Gasteiger partial charge in [-0.3, -0.25) is 4.90 Å². The number of pyridine rings is 1. The molecule has 7 heteroatoms. The second-order valence-electron chi connectivity index (χ2n) is 10.7. The smallest absolute Gasteiger partial charge is 0.231 e. The summed E-state index contributed by atoms with van der Waals surface area (Å²) in [5, 5.41) is 2.28. The average molecular weight is 525 g/mol. The first-order chi connectivity index (χ1) is 19.1. The summed E-state index contributed by atoms with van der Waals surface area (Å²) in [7, 11) is 3.44. The molecule has 0 atom stereocenters. The van der Waals surface area contributed by atoms with Crippen LogP contribution in [0.15, 0.2) is 54.7 Å². The summed E-state index contributed by atoms with van der Waals surface area (Å²) in [6.45, 7) is 8.22. The van der Waals surface area contributed by atoms with Crippen LogP contribution in [0, 0.1) is 6.92 Å². The van der Waals surface area contributed by atoms with E-state index in [2.05, 4.69) is 76.0 Å². The standard InChI is InChI=1S/C32H34N3O4/c1-21-4-6-24(7-5-21)34-12-10-33(11-13-34)18-23-15-31(36-2)32(37-3)27-19-35-9-8-22-14-29-30(39-20-38-29)17-26(22)28(35)16-25(23)27/h4-7,14-17,19H,8-13,18,20H2,1-3H3/q+1. The average Bonchev–Trinajstić information content (AvgIpc) is 3.43. The molecule has 4 aromatic rings. The number of ether oxygens (including phenoxy) is 4. The highest BCUT2D eigenvalue weighted by Crippen LogP contribution is 2.43. The molecule has 3 aromatic carbocycles. The third-order valence-corrected chi connectivity index (χ3v) is 8.37. The number of rotatable bonds is 5. The van der Waals surface area contributed by atoms with Gasteiger partial charge in [0.2, 0.25) is 12.5 Å². The van der Waals surface area contributed by atoms with Gasteiger partial charge in [0.15, 0.2) is 35.7 Å². The molecule has 1 saturated heterocycles. The maximum atomic E-state index is 5.89. The lowest BCUT2D eigenvalue weighted by Gasteiger charge is -2.36. The lowest BCUT2D eigenvalue weighted by Crippen LogP contribution is -2.46. The minimum Gasteiger partial charge on any atom is -0.493 e. The normalized spacial score (nSPS) is 16.2. The number of aromatic nitrogens is 1. The van der Waals surface area contributed by atoms with Gasteiger partial charge in [-0.1, -0.05) is 17.7 Å². The van der Waals surface area contributed by atoms with Crippen LogP contribution < -0.4 is 28.4 Å². The molecule has 7 nitrogen and oxygen atoms in total. The molecule has 0 unspecified atom stereocenters. The Balaban J connectivity index is 1.25. The van der Waals surface area contributed by atoms with Crippen LogP contribution in [-0.4, -0.2) is 52.1 Å². The minimum atomic E-state index is 0.286. The summed E-state index contributed by atoms with van der Waals surface area (Å²) in [5.41, 5.74) is 7.56. The second kappa shape index (κ2) is 9.65. The van der Waals surface area contributed by atoms with Gasteiger partial charge in [0.1, 0.15) is 0 Å². The first-order valence-electron chi connectivity index (χ1n) is 13.7. The summed E-state index contributed by atoms with van der Waals surface area (Å²) < 4.78 is 25.4. The third kappa shape index (κ3) is 4.21. The van der Waals surface area contributed by atoms with Gasteiger partial charge in [-0.05, 0) is 48.4 Å². The molecule has 1 fully saturated rings. The molecule has 0 amide bonds. The minimum absolute atomic E-state index is 0.286. The molecule has 3 aliphatic rings. The Morgan fingerprint density at radius 2 is 1.64 bits per heavy atom. The third-order valence-electron chi connectivity index (χ3n) is 8.37. The van der Waals surface area contributed by atoms with E-state index in [0.29, 0.717) is 0 Å². The molecule has 4 heterocycles. The van der Waals surface area contributed by atoms with E-state index in [0.717, 1.165) is 74.1 Å². The van der Waals surface area contributed by atoms with Gasteiger partial charge >= 0.3 is 0 Å². The van der Waals surface area contributed by atoms with Gasteiger partial charge < -0.3 is 23.8 Å². The largest absolute Gasteiger partial charge is 0.493 e. The van der Waals surface area contributed by atoms with Crippen molar-refractivity contribution < 1.29 is 23.5 Å². The Labute approximate surface area is 229 Å². The summed E-state index contributed by atoms with van der Waals surface area (Å²) in [6, 6.07) is 17.6. The van der Waals surface area contributed by atoms with E-state index < -0.39 is 0 Å². The first kappa shape index (κ1) is 24.1. The van der Waals surface area contributed by atoms with E-state index in [9.17, 15) is 0 Å². The fourth-order valence-corrected chi connectivity index (χ4v) is 6.21. The van der Waals surface area contributed by atoms with Crippen molar-refractivity contribution in [3.63, 3.8) is 0 Å². The number of anilines is 1. The molecule has 0 aliphatic carbocycles. The zero-order chi connectivity index (χ0) is 26.5. The van der Waals surface area contributed by atoms with Crippen LogP contribution in [0.25, 0.3) is 22.0 Å². The Kier molecular flexibility index (Phi) is 5.96. The van der Waals surface area contributed by atoms with Crippen LogP contribution in [0.4, 0.5) is 5.69 Å². The Bertz CT molecular complexity index is 1560. The summed E-state index contributed by atoms with van der Waals surface area (Å²) in [6.07, 6.45) is 3.18. The Morgan fingerprint density at radius 1 is 0.872 bits per heavy atom. The zero-order valence-electron chi connectivity index (χ0n) is 22.8. The van der Waals surface area contributed by atoms with Crippen LogP contribution in [0.3, 0.4) is 0 Å². The maximum absolute atomic E-state index is 5.89. The number of fused-ring (bicyclic) bond motifs is 5. The number of hydrogen-bond acceptors (Lipinski definition) is 6. The molecule has 0 saturated carbocycles. The molecule has 200 valence electrons. The Hall–Kier alpha value is -3.97. The van der Waals surface area contributed by atoms with E-state index >= 15 is 0 Å².